The Labute approximate surface area is 112 Å². The zero-order valence-electron chi connectivity index (χ0n) is 10.9. The maximum atomic E-state index is 11.3. The molecule has 0 bridgehead atoms. The second kappa shape index (κ2) is 6.65. The Balaban J connectivity index is 2.29. The van der Waals surface area contributed by atoms with Gasteiger partial charge in [0.2, 0.25) is 0 Å². The fourth-order valence-corrected chi connectivity index (χ4v) is 2.63. The van der Waals surface area contributed by atoms with Gasteiger partial charge < -0.3 is 15.5 Å². The summed E-state index contributed by atoms with van der Waals surface area (Å²) in [5, 5.41) is 21.8. The van der Waals surface area contributed by atoms with E-state index in [4.69, 9.17) is 0 Å². The first-order chi connectivity index (χ1) is 9.24. The lowest BCUT2D eigenvalue weighted by Gasteiger charge is -2.35. The highest BCUT2D eigenvalue weighted by Gasteiger charge is 2.25. The Morgan fingerprint density at radius 2 is 2.00 bits per heavy atom. The van der Waals surface area contributed by atoms with Crippen molar-refractivity contribution in [3.05, 3.63) is 35.4 Å². The monoisotopic (exact) mass is 264 g/mol. The topological polar surface area (TPSA) is 72.8 Å². The Morgan fingerprint density at radius 3 is 2.63 bits per heavy atom. The Hall–Kier alpha value is -1.43. The number of aliphatic hydroxyl groups is 1. The van der Waals surface area contributed by atoms with E-state index in [0.717, 1.165) is 31.7 Å². The number of hydrogen-bond donors (Lipinski definition) is 3. The Bertz CT molecular complexity index is 430. The maximum absolute atomic E-state index is 11.3. The van der Waals surface area contributed by atoms with Gasteiger partial charge in [-0.25, -0.2) is 4.79 Å². The van der Waals surface area contributed by atoms with E-state index in [-0.39, 0.29) is 12.6 Å². The molecule has 0 aliphatic carbocycles. The summed E-state index contributed by atoms with van der Waals surface area (Å²) in [6.07, 6.45) is 0.560. The van der Waals surface area contributed by atoms with Crippen molar-refractivity contribution in [3.8, 4) is 0 Å². The maximum Gasteiger partial charge on any atom is 0.336 e. The summed E-state index contributed by atoms with van der Waals surface area (Å²) in [6.45, 7) is 3.61. The van der Waals surface area contributed by atoms with Gasteiger partial charge in [0.15, 0.2) is 0 Å². The van der Waals surface area contributed by atoms with Gasteiger partial charge in [-0.15, -0.1) is 0 Å². The molecule has 0 radical (unpaired) electrons. The predicted octanol–water partition coefficient (Wildman–Crippen LogP) is 0.713. The van der Waals surface area contributed by atoms with Gasteiger partial charge in [-0.05, 0) is 18.1 Å². The van der Waals surface area contributed by atoms with Crippen LogP contribution in [0.1, 0.15) is 28.4 Å². The van der Waals surface area contributed by atoms with Crippen LogP contribution in [0.25, 0.3) is 0 Å². The Morgan fingerprint density at radius 1 is 1.32 bits per heavy atom. The van der Waals surface area contributed by atoms with E-state index in [1.165, 1.54) is 0 Å². The number of aliphatic hydroxyl groups excluding tert-OH is 1. The standard InChI is InChI=1S/C14H20N2O3/c17-10-5-13(16-8-6-15-7-9-16)11-3-1-2-4-12(11)14(18)19/h1-4,13,15,17H,5-10H2,(H,18,19)/t13-/m1/s1. The van der Waals surface area contributed by atoms with Crippen molar-refractivity contribution in [2.45, 2.75) is 12.5 Å². The second-order valence-corrected chi connectivity index (χ2v) is 4.71. The molecule has 1 aliphatic heterocycles. The molecular formula is C14H20N2O3. The number of carboxylic acid groups (broad SMARTS) is 1. The van der Waals surface area contributed by atoms with Crippen molar-refractivity contribution in [1.29, 1.82) is 0 Å². The summed E-state index contributed by atoms with van der Waals surface area (Å²) in [4.78, 5) is 13.6. The molecule has 1 aromatic rings. The summed E-state index contributed by atoms with van der Waals surface area (Å²) in [6, 6.07) is 7.05. The summed E-state index contributed by atoms with van der Waals surface area (Å²) in [5.74, 6) is -0.909. The highest BCUT2D eigenvalue weighted by molar-refractivity contribution is 5.89. The first-order valence-electron chi connectivity index (χ1n) is 6.62. The zero-order valence-corrected chi connectivity index (χ0v) is 10.9. The summed E-state index contributed by atoms with van der Waals surface area (Å²) >= 11 is 0. The molecular weight excluding hydrogens is 244 g/mol. The average Bonchev–Trinajstić information content (AvgIpc) is 2.45. The van der Waals surface area contributed by atoms with Crippen LogP contribution in [0, 0.1) is 0 Å². The van der Waals surface area contributed by atoms with Crippen molar-refractivity contribution in [3.63, 3.8) is 0 Å². The molecule has 5 nitrogen and oxygen atoms in total. The van der Waals surface area contributed by atoms with E-state index in [0.29, 0.717) is 12.0 Å². The quantitative estimate of drug-likeness (QED) is 0.730. The molecule has 1 fully saturated rings. The van der Waals surface area contributed by atoms with E-state index in [9.17, 15) is 15.0 Å². The van der Waals surface area contributed by atoms with E-state index in [1.807, 2.05) is 12.1 Å². The van der Waals surface area contributed by atoms with Gasteiger partial charge in [-0.2, -0.15) is 0 Å². The molecule has 2 rings (SSSR count). The van der Waals surface area contributed by atoms with E-state index >= 15 is 0 Å². The number of carbonyl (C=O) groups is 1. The van der Waals surface area contributed by atoms with Crippen LogP contribution in [0.4, 0.5) is 0 Å². The van der Waals surface area contributed by atoms with Crippen molar-refractivity contribution in [2.75, 3.05) is 32.8 Å². The fourth-order valence-electron chi connectivity index (χ4n) is 2.63. The predicted molar refractivity (Wildman–Crippen MR) is 72.3 cm³/mol. The number of piperazine rings is 1. The number of hydrogen-bond acceptors (Lipinski definition) is 4. The normalized spacial score (nSPS) is 18.2. The molecule has 1 aliphatic rings. The largest absolute Gasteiger partial charge is 0.478 e. The van der Waals surface area contributed by atoms with Gasteiger partial charge in [0.1, 0.15) is 0 Å². The molecule has 1 saturated heterocycles. The van der Waals surface area contributed by atoms with Crippen LogP contribution in [-0.4, -0.2) is 53.9 Å². The molecule has 0 spiro atoms. The highest BCUT2D eigenvalue weighted by atomic mass is 16.4. The molecule has 0 unspecified atom stereocenters. The molecule has 0 amide bonds. The summed E-state index contributed by atoms with van der Waals surface area (Å²) in [5.41, 5.74) is 1.13. The minimum Gasteiger partial charge on any atom is -0.478 e. The fraction of sp³-hybridized carbons (Fsp3) is 0.500. The minimum atomic E-state index is -0.909. The van der Waals surface area contributed by atoms with Gasteiger partial charge in [0.25, 0.3) is 0 Å². The number of benzene rings is 1. The third-order valence-electron chi connectivity index (χ3n) is 3.55. The van der Waals surface area contributed by atoms with Crippen molar-refractivity contribution < 1.29 is 15.0 Å². The van der Waals surface area contributed by atoms with Crippen molar-refractivity contribution in [2.24, 2.45) is 0 Å². The molecule has 0 aromatic heterocycles. The van der Waals surface area contributed by atoms with Gasteiger partial charge in [0, 0.05) is 38.8 Å². The molecule has 0 saturated carbocycles. The summed E-state index contributed by atoms with van der Waals surface area (Å²) < 4.78 is 0. The SMILES string of the molecule is O=C(O)c1ccccc1[C@@H](CCO)N1CCNCC1. The van der Waals surface area contributed by atoms with Crippen LogP contribution in [0.5, 0.6) is 0 Å². The van der Waals surface area contributed by atoms with E-state index in [1.54, 1.807) is 12.1 Å². The Kier molecular flexibility index (Phi) is 4.90. The third-order valence-corrected chi connectivity index (χ3v) is 3.55. The van der Waals surface area contributed by atoms with Crippen LogP contribution in [-0.2, 0) is 0 Å². The number of nitrogens with one attached hydrogen (secondary N) is 1. The first-order valence-corrected chi connectivity index (χ1v) is 6.62. The smallest absolute Gasteiger partial charge is 0.336 e. The van der Waals surface area contributed by atoms with Crippen LogP contribution in [0.15, 0.2) is 24.3 Å². The molecule has 1 heterocycles. The molecule has 5 heteroatoms. The molecule has 3 N–H and O–H groups in total. The lowest BCUT2D eigenvalue weighted by atomic mass is 9.96. The average molecular weight is 264 g/mol. The number of rotatable bonds is 5. The van der Waals surface area contributed by atoms with Crippen molar-refractivity contribution in [1.82, 2.24) is 10.2 Å². The third kappa shape index (κ3) is 3.32. The first kappa shape index (κ1) is 14.0. The van der Waals surface area contributed by atoms with E-state index < -0.39 is 5.97 Å². The van der Waals surface area contributed by atoms with Crippen molar-refractivity contribution >= 4 is 5.97 Å². The van der Waals surface area contributed by atoms with E-state index in [2.05, 4.69) is 10.2 Å². The molecule has 19 heavy (non-hydrogen) atoms. The van der Waals surface area contributed by atoms with Crippen LogP contribution < -0.4 is 5.32 Å². The number of nitrogens with zero attached hydrogens (tertiary/aromatic N) is 1. The molecule has 104 valence electrons. The lowest BCUT2D eigenvalue weighted by molar-refractivity contribution is 0.0689. The minimum absolute atomic E-state index is 0.0283. The van der Waals surface area contributed by atoms with Gasteiger partial charge in [0.05, 0.1) is 5.56 Å². The van der Waals surface area contributed by atoms with Gasteiger partial charge in [-0.3, -0.25) is 4.90 Å². The van der Waals surface area contributed by atoms with Gasteiger partial charge in [-0.1, -0.05) is 18.2 Å². The number of aromatic carboxylic acids is 1. The summed E-state index contributed by atoms with van der Waals surface area (Å²) in [7, 11) is 0. The van der Waals surface area contributed by atoms with Crippen LogP contribution >= 0.6 is 0 Å². The molecule has 1 aromatic carbocycles. The van der Waals surface area contributed by atoms with Gasteiger partial charge >= 0.3 is 5.97 Å². The highest BCUT2D eigenvalue weighted by Crippen LogP contribution is 2.27. The number of carboxylic acids is 1. The zero-order chi connectivity index (χ0) is 13.7. The van der Waals surface area contributed by atoms with Crippen LogP contribution in [0.3, 0.4) is 0 Å². The lowest BCUT2D eigenvalue weighted by Crippen LogP contribution is -2.45. The molecule has 1 atom stereocenters. The van der Waals surface area contributed by atoms with Crippen LogP contribution in [0.2, 0.25) is 0 Å². The second-order valence-electron chi connectivity index (χ2n) is 4.71.